The third kappa shape index (κ3) is 5.22. The molecule has 0 bridgehead atoms. The first kappa shape index (κ1) is 21.2. The molecule has 2 N–H and O–H groups in total. The summed E-state index contributed by atoms with van der Waals surface area (Å²) in [7, 11) is 0. The number of Topliss-reactive ketones (excluding diaryl/α,β-unsaturated/α-hetero) is 1. The summed E-state index contributed by atoms with van der Waals surface area (Å²) in [5, 5.41) is 4.66. The number of nitrogens with one attached hydrogen (secondary N) is 2. The lowest BCUT2D eigenvalue weighted by Crippen LogP contribution is -2.38. The zero-order valence-corrected chi connectivity index (χ0v) is 15.9. The second-order valence-electron chi connectivity index (χ2n) is 7.26. The topological polar surface area (TPSA) is 75.3 Å². The molecule has 0 radical (unpaired) electrons. The van der Waals surface area contributed by atoms with Gasteiger partial charge in [0.25, 0.3) is 11.8 Å². The Kier molecular flexibility index (Phi) is 6.62. The van der Waals surface area contributed by atoms with Gasteiger partial charge in [0.1, 0.15) is 17.2 Å². The van der Waals surface area contributed by atoms with Gasteiger partial charge in [-0.2, -0.15) is 0 Å². The molecular weight excluding hydrogens is 366 g/mol. The fourth-order valence-electron chi connectivity index (χ4n) is 2.49. The molecule has 0 aliphatic rings. The van der Waals surface area contributed by atoms with Crippen LogP contribution in [0.3, 0.4) is 0 Å². The third-order valence-corrected chi connectivity index (χ3v) is 4.11. The molecule has 5 nitrogen and oxygen atoms in total. The van der Waals surface area contributed by atoms with Crippen LogP contribution in [-0.4, -0.2) is 30.7 Å². The van der Waals surface area contributed by atoms with E-state index in [1.165, 1.54) is 0 Å². The van der Waals surface area contributed by atoms with Gasteiger partial charge < -0.3 is 10.6 Å². The van der Waals surface area contributed by atoms with Crippen molar-refractivity contribution in [1.29, 1.82) is 0 Å². The summed E-state index contributed by atoms with van der Waals surface area (Å²) in [5.74, 6) is -4.42. The van der Waals surface area contributed by atoms with Crippen molar-refractivity contribution in [1.82, 2.24) is 10.6 Å². The lowest BCUT2D eigenvalue weighted by Gasteiger charge is -2.18. The van der Waals surface area contributed by atoms with Gasteiger partial charge in [-0.1, -0.05) is 51.1 Å². The van der Waals surface area contributed by atoms with E-state index in [1.54, 1.807) is 24.3 Å². The average Bonchev–Trinajstić information content (AvgIpc) is 2.63. The van der Waals surface area contributed by atoms with E-state index in [2.05, 4.69) is 10.6 Å². The molecular formula is C21H22F2N2O3. The van der Waals surface area contributed by atoms with Crippen molar-refractivity contribution in [3.05, 3.63) is 70.8 Å². The molecule has 0 fully saturated rings. The number of benzene rings is 2. The highest BCUT2D eigenvalue weighted by Gasteiger charge is 2.19. The van der Waals surface area contributed by atoms with E-state index in [1.807, 2.05) is 20.8 Å². The fourth-order valence-corrected chi connectivity index (χ4v) is 2.49. The standard InChI is InChI=1S/C21H22F2N2O3/c1-21(2,3)14-9-7-13(8-10-14)18(26)20(28)25-12-11-24-19(27)17-15(22)5-4-6-16(17)23/h4-10H,11-12H2,1-3H3,(H,24,27)(H,25,28). The van der Waals surface area contributed by atoms with Crippen molar-refractivity contribution in [2.45, 2.75) is 26.2 Å². The van der Waals surface area contributed by atoms with Crippen LogP contribution >= 0.6 is 0 Å². The largest absolute Gasteiger partial charge is 0.350 e. The summed E-state index contributed by atoms with van der Waals surface area (Å²) in [4.78, 5) is 35.9. The van der Waals surface area contributed by atoms with Gasteiger partial charge in [-0.05, 0) is 23.1 Å². The van der Waals surface area contributed by atoms with Gasteiger partial charge in [-0.3, -0.25) is 14.4 Å². The van der Waals surface area contributed by atoms with Crippen LogP contribution in [0.2, 0.25) is 0 Å². The Morgan fingerprint density at radius 2 is 1.39 bits per heavy atom. The van der Waals surface area contributed by atoms with Gasteiger partial charge in [0, 0.05) is 18.7 Å². The summed E-state index contributed by atoms with van der Waals surface area (Å²) < 4.78 is 27.0. The van der Waals surface area contributed by atoms with E-state index in [0.29, 0.717) is 0 Å². The molecule has 2 amide bonds. The van der Waals surface area contributed by atoms with E-state index in [9.17, 15) is 23.2 Å². The number of amides is 2. The quantitative estimate of drug-likeness (QED) is 0.454. The SMILES string of the molecule is CC(C)(C)c1ccc(C(=O)C(=O)NCCNC(=O)c2c(F)cccc2F)cc1. The average molecular weight is 388 g/mol. The zero-order valence-electron chi connectivity index (χ0n) is 15.9. The molecule has 148 valence electrons. The van der Waals surface area contributed by atoms with Crippen LogP contribution in [0.25, 0.3) is 0 Å². The fraction of sp³-hybridized carbons (Fsp3) is 0.286. The van der Waals surface area contributed by atoms with Crippen LogP contribution in [0.5, 0.6) is 0 Å². The monoisotopic (exact) mass is 388 g/mol. The highest BCUT2D eigenvalue weighted by atomic mass is 19.1. The highest BCUT2D eigenvalue weighted by molar-refractivity contribution is 6.42. The van der Waals surface area contributed by atoms with Crippen LogP contribution in [0.15, 0.2) is 42.5 Å². The molecule has 2 aromatic rings. The molecule has 0 saturated heterocycles. The Morgan fingerprint density at radius 3 is 1.93 bits per heavy atom. The predicted molar refractivity (Wildman–Crippen MR) is 101 cm³/mol. The number of halogens is 2. The maximum Gasteiger partial charge on any atom is 0.292 e. The molecule has 0 saturated carbocycles. The Balaban J connectivity index is 1.85. The Morgan fingerprint density at radius 1 is 0.857 bits per heavy atom. The molecule has 2 aromatic carbocycles. The number of hydrogen-bond acceptors (Lipinski definition) is 3. The smallest absolute Gasteiger partial charge is 0.292 e. The van der Waals surface area contributed by atoms with Crippen molar-refractivity contribution < 1.29 is 23.2 Å². The molecule has 0 aromatic heterocycles. The molecule has 28 heavy (non-hydrogen) atoms. The van der Waals surface area contributed by atoms with Crippen molar-refractivity contribution in [2.24, 2.45) is 0 Å². The first-order valence-electron chi connectivity index (χ1n) is 8.76. The van der Waals surface area contributed by atoms with Gasteiger partial charge in [0.2, 0.25) is 5.78 Å². The van der Waals surface area contributed by atoms with E-state index < -0.39 is 34.8 Å². The molecule has 0 heterocycles. The maximum atomic E-state index is 13.5. The third-order valence-electron chi connectivity index (χ3n) is 4.11. The van der Waals surface area contributed by atoms with Crippen LogP contribution in [0.4, 0.5) is 8.78 Å². The second kappa shape index (κ2) is 8.73. The minimum Gasteiger partial charge on any atom is -0.350 e. The minimum atomic E-state index is -0.976. The number of hydrogen-bond donors (Lipinski definition) is 2. The summed E-state index contributed by atoms with van der Waals surface area (Å²) in [6, 6.07) is 9.87. The maximum absolute atomic E-state index is 13.5. The predicted octanol–water partition coefficient (Wildman–Crippen LogP) is 2.99. The van der Waals surface area contributed by atoms with Gasteiger partial charge in [-0.15, -0.1) is 0 Å². The van der Waals surface area contributed by atoms with Gasteiger partial charge in [0.15, 0.2) is 0 Å². The summed E-state index contributed by atoms with van der Waals surface area (Å²) in [6.45, 7) is 5.97. The number of carbonyl (C=O) groups excluding carboxylic acids is 3. The number of carbonyl (C=O) groups is 3. The molecule has 2 rings (SSSR count). The van der Waals surface area contributed by atoms with Crippen molar-refractivity contribution >= 4 is 17.6 Å². The van der Waals surface area contributed by atoms with Gasteiger partial charge in [0.05, 0.1) is 0 Å². The normalized spacial score (nSPS) is 11.0. The zero-order chi connectivity index (χ0) is 20.9. The summed E-state index contributed by atoms with van der Waals surface area (Å²) in [5.41, 5.74) is 0.527. The van der Waals surface area contributed by atoms with Crippen molar-refractivity contribution in [3.8, 4) is 0 Å². The molecule has 0 atom stereocenters. The molecule has 0 spiro atoms. The first-order valence-corrected chi connectivity index (χ1v) is 8.76. The number of rotatable bonds is 6. The Bertz CT molecular complexity index is 867. The van der Waals surface area contributed by atoms with E-state index in [0.717, 1.165) is 23.8 Å². The Hall–Kier alpha value is -3.09. The molecule has 0 aliphatic carbocycles. The van der Waals surface area contributed by atoms with E-state index >= 15 is 0 Å². The van der Waals surface area contributed by atoms with E-state index in [-0.39, 0.29) is 24.1 Å². The van der Waals surface area contributed by atoms with Crippen LogP contribution in [-0.2, 0) is 10.2 Å². The summed E-state index contributed by atoms with van der Waals surface area (Å²) >= 11 is 0. The highest BCUT2D eigenvalue weighted by Crippen LogP contribution is 2.22. The molecule has 7 heteroatoms. The van der Waals surface area contributed by atoms with Crippen molar-refractivity contribution in [2.75, 3.05) is 13.1 Å². The molecule has 0 aliphatic heterocycles. The van der Waals surface area contributed by atoms with Crippen molar-refractivity contribution in [3.63, 3.8) is 0 Å². The summed E-state index contributed by atoms with van der Waals surface area (Å²) in [6.07, 6.45) is 0. The van der Waals surface area contributed by atoms with Crippen LogP contribution in [0.1, 0.15) is 47.1 Å². The number of ketones is 1. The minimum absolute atomic E-state index is 0.0630. The van der Waals surface area contributed by atoms with Gasteiger partial charge >= 0.3 is 0 Å². The van der Waals surface area contributed by atoms with E-state index in [4.69, 9.17) is 0 Å². The Labute approximate surface area is 162 Å². The first-order chi connectivity index (χ1) is 13.1. The molecule has 0 unspecified atom stereocenters. The van der Waals surface area contributed by atoms with Gasteiger partial charge in [-0.25, -0.2) is 8.78 Å². The second-order valence-corrected chi connectivity index (χ2v) is 7.26. The van der Waals surface area contributed by atoms with Crippen LogP contribution in [0, 0.1) is 11.6 Å². The lowest BCUT2D eigenvalue weighted by molar-refractivity contribution is -0.116. The lowest BCUT2D eigenvalue weighted by atomic mass is 9.86. The van der Waals surface area contributed by atoms with Crippen LogP contribution < -0.4 is 10.6 Å².